The highest BCUT2D eigenvalue weighted by molar-refractivity contribution is 5.33. The second-order valence-electron chi connectivity index (χ2n) is 6.45. The molecular weight excluding hydrogens is 274 g/mol. The Bertz CT molecular complexity index is 412. The van der Waals surface area contributed by atoms with Crippen molar-refractivity contribution in [3.63, 3.8) is 0 Å². The molecule has 1 aliphatic heterocycles. The van der Waals surface area contributed by atoms with Crippen molar-refractivity contribution in [1.29, 1.82) is 0 Å². The first-order valence-electron chi connectivity index (χ1n) is 8.86. The van der Waals surface area contributed by atoms with Crippen LogP contribution in [0.2, 0.25) is 0 Å². The van der Waals surface area contributed by atoms with Crippen molar-refractivity contribution in [3.8, 4) is 11.5 Å². The lowest BCUT2D eigenvalue weighted by atomic mass is 10.2. The quantitative estimate of drug-likeness (QED) is 0.660. The van der Waals surface area contributed by atoms with Crippen molar-refractivity contribution in [2.24, 2.45) is 0 Å². The summed E-state index contributed by atoms with van der Waals surface area (Å²) in [4.78, 5) is 2.62. The molecule has 1 aliphatic rings. The van der Waals surface area contributed by atoms with E-state index in [1.54, 1.807) is 0 Å². The number of unbranched alkanes of at least 4 members (excludes halogenated alkanes) is 1. The van der Waals surface area contributed by atoms with Gasteiger partial charge in [-0.25, -0.2) is 0 Å². The molecule has 1 heterocycles. The molecule has 0 radical (unpaired) electrons. The summed E-state index contributed by atoms with van der Waals surface area (Å²) >= 11 is 0. The van der Waals surface area contributed by atoms with Gasteiger partial charge >= 0.3 is 0 Å². The number of hydrogen-bond acceptors (Lipinski definition) is 3. The Balaban J connectivity index is 1.61. The van der Waals surface area contributed by atoms with Crippen LogP contribution in [-0.4, -0.2) is 37.2 Å². The van der Waals surface area contributed by atoms with E-state index >= 15 is 0 Å². The van der Waals surface area contributed by atoms with Crippen LogP contribution < -0.4 is 9.47 Å². The summed E-state index contributed by atoms with van der Waals surface area (Å²) in [6.45, 7) is 8.66. The zero-order chi connectivity index (χ0) is 15.6. The number of ether oxygens (including phenoxy) is 2. The number of benzene rings is 1. The molecule has 124 valence electrons. The first-order valence-corrected chi connectivity index (χ1v) is 8.86. The van der Waals surface area contributed by atoms with Gasteiger partial charge in [0.25, 0.3) is 0 Å². The van der Waals surface area contributed by atoms with Crippen molar-refractivity contribution in [3.05, 3.63) is 24.3 Å². The maximum Gasteiger partial charge on any atom is 0.123 e. The summed E-state index contributed by atoms with van der Waals surface area (Å²) < 4.78 is 11.5. The van der Waals surface area contributed by atoms with Crippen LogP contribution in [0.25, 0.3) is 0 Å². The summed E-state index contributed by atoms with van der Waals surface area (Å²) in [5.41, 5.74) is 0. The van der Waals surface area contributed by atoms with Crippen molar-refractivity contribution in [2.75, 3.05) is 26.2 Å². The molecule has 3 nitrogen and oxygen atoms in total. The minimum atomic E-state index is 0.198. The average molecular weight is 305 g/mol. The molecule has 0 aliphatic carbocycles. The maximum atomic E-state index is 5.84. The summed E-state index contributed by atoms with van der Waals surface area (Å²) in [5.74, 6) is 1.80. The fourth-order valence-corrected chi connectivity index (χ4v) is 2.90. The van der Waals surface area contributed by atoms with Crippen molar-refractivity contribution in [1.82, 2.24) is 4.90 Å². The molecule has 1 fully saturated rings. The zero-order valence-electron chi connectivity index (χ0n) is 14.2. The molecule has 0 N–H and O–H groups in total. The van der Waals surface area contributed by atoms with Crippen LogP contribution in [0.4, 0.5) is 0 Å². The van der Waals surface area contributed by atoms with Gasteiger partial charge in [0.15, 0.2) is 0 Å². The van der Waals surface area contributed by atoms with Gasteiger partial charge < -0.3 is 14.4 Å². The Labute approximate surface area is 135 Å². The summed E-state index contributed by atoms with van der Waals surface area (Å²) in [7, 11) is 0. The monoisotopic (exact) mass is 305 g/mol. The molecule has 3 heteroatoms. The molecule has 0 atom stereocenters. The molecule has 0 bridgehead atoms. The minimum absolute atomic E-state index is 0.198. The fourth-order valence-electron chi connectivity index (χ4n) is 2.90. The Morgan fingerprint density at radius 2 is 1.73 bits per heavy atom. The summed E-state index contributed by atoms with van der Waals surface area (Å²) in [6, 6.07) is 7.95. The third kappa shape index (κ3) is 6.69. The van der Waals surface area contributed by atoms with Gasteiger partial charge in [-0.05, 0) is 71.3 Å². The van der Waals surface area contributed by atoms with E-state index in [1.165, 1.54) is 51.7 Å². The predicted octanol–water partition coefficient (Wildman–Crippen LogP) is 4.51. The Hall–Kier alpha value is -1.22. The molecule has 0 saturated carbocycles. The van der Waals surface area contributed by atoms with Crippen LogP contribution in [-0.2, 0) is 0 Å². The van der Waals surface area contributed by atoms with Crippen molar-refractivity contribution >= 4 is 0 Å². The SMILES string of the molecule is CC(C)Oc1cccc(OCCCCN2CCCCCC2)c1. The second-order valence-corrected chi connectivity index (χ2v) is 6.45. The van der Waals surface area contributed by atoms with E-state index in [2.05, 4.69) is 4.90 Å². The van der Waals surface area contributed by atoms with Crippen LogP contribution in [0.15, 0.2) is 24.3 Å². The minimum Gasteiger partial charge on any atom is -0.493 e. The lowest BCUT2D eigenvalue weighted by Crippen LogP contribution is -2.25. The van der Waals surface area contributed by atoms with Gasteiger partial charge in [-0.1, -0.05) is 18.9 Å². The molecule has 0 amide bonds. The number of nitrogens with zero attached hydrogens (tertiary/aromatic N) is 1. The molecule has 1 saturated heterocycles. The normalized spacial score (nSPS) is 16.5. The van der Waals surface area contributed by atoms with Crippen molar-refractivity contribution < 1.29 is 9.47 Å². The van der Waals surface area contributed by atoms with E-state index in [-0.39, 0.29) is 6.10 Å². The van der Waals surface area contributed by atoms with Gasteiger partial charge in [-0.15, -0.1) is 0 Å². The molecule has 22 heavy (non-hydrogen) atoms. The highest BCUT2D eigenvalue weighted by Crippen LogP contribution is 2.20. The van der Waals surface area contributed by atoms with Gasteiger partial charge in [-0.2, -0.15) is 0 Å². The number of likely N-dealkylation sites (tertiary alicyclic amines) is 1. The molecular formula is C19H31NO2. The predicted molar refractivity (Wildman–Crippen MR) is 91.8 cm³/mol. The van der Waals surface area contributed by atoms with Crippen LogP contribution in [0.3, 0.4) is 0 Å². The van der Waals surface area contributed by atoms with Crippen LogP contribution in [0.1, 0.15) is 52.4 Å². The van der Waals surface area contributed by atoms with Crippen LogP contribution in [0, 0.1) is 0 Å². The molecule has 0 unspecified atom stereocenters. The van der Waals surface area contributed by atoms with Crippen molar-refractivity contribution in [2.45, 2.75) is 58.5 Å². The molecule has 0 aromatic heterocycles. The lowest BCUT2D eigenvalue weighted by molar-refractivity contribution is 0.238. The van der Waals surface area contributed by atoms with E-state index in [0.29, 0.717) is 0 Å². The zero-order valence-corrected chi connectivity index (χ0v) is 14.2. The van der Waals surface area contributed by atoms with Gasteiger partial charge in [0.05, 0.1) is 12.7 Å². The fraction of sp³-hybridized carbons (Fsp3) is 0.684. The van der Waals surface area contributed by atoms with E-state index in [4.69, 9.17) is 9.47 Å². The summed E-state index contributed by atoms with van der Waals surface area (Å²) in [6.07, 6.45) is 8.11. The van der Waals surface area contributed by atoms with E-state index in [0.717, 1.165) is 24.5 Å². The largest absolute Gasteiger partial charge is 0.493 e. The standard InChI is InChI=1S/C19H31NO2/c1-17(2)22-19-11-9-10-18(16-19)21-15-8-7-14-20-12-5-3-4-6-13-20/h9-11,16-17H,3-8,12-15H2,1-2H3. The summed E-state index contributed by atoms with van der Waals surface area (Å²) in [5, 5.41) is 0. The third-order valence-electron chi connectivity index (χ3n) is 4.01. The molecule has 1 aromatic carbocycles. The molecule has 2 rings (SSSR count). The number of hydrogen-bond donors (Lipinski definition) is 0. The van der Waals surface area contributed by atoms with E-state index in [1.807, 2.05) is 38.1 Å². The maximum absolute atomic E-state index is 5.84. The highest BCUT2D eigenvalue weighted by Gasteiger charge is 2.08. The van der Waals surface area contributed by atoms with E-state index in [9.17, 15) is 0 Å². The Kier molecular flexibility index (Phi) is 7.58. The lowest BCUT2D eigenvalue weighted by Gasteiger charge is -2.19. The highest BCUT2D eigenvalue weighted by atomic mass is 16.5. The van der Waals surface area contributed by atoms with Gasteiger partial charge in [-0.3, -0.25) is 0 Å². The van der Waals surface area contributed by atoms with E-state index < -0.39 is 0 Å². The Morgan fingerprint density at radius 3 is 2.45 bits per heavy atom. The van der Waals surface area contributed by atoms with Gasteiger partial charge in [0, 0.05) is 6.07 Å². The second kappa shape index (κ2) is 9.73. The van der Waals surface area contributed by atoms with Gasteiger partial charge in [0.2, 0.25) is 0 Å². The topological polar surface area (TPSA) is 21.7 Å². The molecule has 1 aromatic rings. The number of rotatable bonds is 8. The first kappa shape index (κ1) is 17.1. The third-order valence-corrected chi connectivity index (χ3v) is 4.01. The average Bonchev–Trinajstić information content (AvgIpc) is 2.75. The Morgan fingerprint density at radius 1 is 1.00 bits per heavy atom. The smallest absolute Gasteiger partial charge is 0.123 e. The van der Waals surface area contributed by atoms with Gasteiger partial charge in [0.1, 0.15) is 11.5 Å². The van der Waals surface area contributed by atoms with Crippen LogP contribution in [0.5, 0.6) is 11.5 Å². The molecule has 0 spiro atoms. The first-order chi connectivity index (χ1) is 10.7. The van der Waals surface area contributed by atoms with Crippen LogP contribution >= 0.6 is 0 Å².